The third-order valence-electron chi connectivity index (χ3n) is 3.77. The van der Waals surface area contributed by atoms with Crippen LogP contribution in [0.5, 0.6) is 0 Å². The number of nitrogens with zero attached hydrogens (tertiary/aromatic N) is 1. The van der Waals surface area contributed by atoms with Gasteiger partial charge in [0.05, 0.1) is 5.71 Å². The van der Waals surface area contributed by atoms with Crippen molar-refractivity contribution in [2.24, 2.45) is 5.10 Å². The van der Waals surface area contributed by atoms with Gasteiger partial charge in [0, 0.05) is 6.42 Å². The number of amides is 1. The van der Waals surface area contributed by atoms with E-state index in [1.165, 1.54) is 11.1 Å². The van der Waals surface area contributed by atoms with Gasteiger partial charge in [-0.3, -0.25) is 4.79 Å². The Labute approximate surface area is 138 Å². The van der Waals surface area contributed by atoms with E-state index >= 15 is 0 Å². The normalized spacial score (nSPS) is 11.3. The Bertz CT molecular complexity index is 645. The summed E-state index contributed by atoms with van der Waals surface area (Å²) in [5.41, 5.74) is 6.83. The van der Waals surface area contributed by atoms with Gasteiger partial charge < -0.3 is 0 Å². The summed E-state index contributed by atoms with van der Waals surface area (Å²) in [5, 5.41) is 4.19. The Balaban J connectivity index is 1.96. The lowest BCUT2D eigenvalue weighted by Crippen LogP contribution is -2.18. The lowest BCUT2D eigenvalue weighted by molar-refractivity contribution is -0.121. The average Bonchev–Trinajstić information content (AvgIpc) is 2.61. The fourth-order valence-electron chi connectivity index (χ4n) is 2.34. The molecular formula is C20H24N2O. The van der Waals surface area contributed by atoms with Crippen molar-refractivity contribution >= 4 is 11.6 Å². The zero-order valence-electron chi connectivity index (χ0n) is 13.9. The van der Waals surface area contributed by atoms with E-state index in [0.717, 1.165) is 30.5 Å². The molecule has 0 heterocycles. The Morgan fingerprint density at radius 3 is 2.26 bits per heavy atom. The van der Waals surface area contributed by atoms with Crippen LogP contribution in [-0.4, -0.2) is 11.6 Å². The summed E-state index contributed by atoms with van der Waals surface area (Å²) in [7, 11) is 0. The average molecular weight is 308 g/mol. The van der Waals surface area contributed by atoms with Gasteiger partial charge in [-0.15, -0.1) is 0 Å². The summed E-state index contributed by atoms with van der Waals surface area (Å²) >= 11 is 0. The molecule has 2 aromatic rings. The molecule has 0 aliphatic heterocycles. The first-order valence-electron chi connectivity index (χ1n) is 8.19. The summed E-state index contributed by atoms with van der Waals surface area (Å²) in [5.74, 6) is -0.0151. The zero-order valence-corrected chi connectivity index (χ0v) is 13.9. The van der Waals surface area contributed by atoms with Gasteiger partial charge in [-0.25, -0.2) is 5.43 Å². The molecule has 1 amide bonds. The first-order chi connectivity index (χ1) is 11.2. The fraction of sp³-hybridized carbons (Fsp3) is 0.300. The molecule has 0 aromatic heterocycles. The molecular weight excluding hydrogens is 284 g/mol. The number of nitrogens with one attached hydrogen (secondary N) is 1. The molecule has 0 bridgehead atoms. The standard InChI is InChI=1S/C20H24N2O/c1-3-4-6-11-20(23)22-21-16(2)17-12-14-19(15-13-17)18-9-7-5-8-10-18/h5,7-10,12-15H,3-4,6,11H2,1-2H3,(H,22,23)/b21-16+. The second-order valence-electron chi connectivity index (χ2n) is 5.63. The molecule has 0 radical (unpaired) electrons. The Hall–Kier alpha value is -2.42. The predicted molar refractivity (Wildman–Crippen MR) is 96.4 cm³/mol. The Morgan fingerprint density at radius 1 is 0.957 bits per heavy atom. The maximum atomic E-state index is 11.7. The number of hydrazone groups is 1. The zero-order chi connectivity index (χ0) is 16.5. The summed E-state index contributed by atoms with van der Waals surface area (Å²) in [6, 6.07) is 18.5. The van der Waals surface area contributed by atoms with E-state index in [9.17, 15) is 4.79 Å². The van der Waals surface area contributed by atoms with E-state index in [4.69, 9.17) is 0 Å². The van der Waals surface area contributed by atoms with Gasteiger partial charge in [-0.2, -0.15) is 5.10 Å². The molecule has 0 unspecified atom stereocenters. The van der Waals surface area contributed by atoms with Crippen LogP contribution in [0.4, 0.5) is 0 Å². The molecule has 120 valence electrons. The lowest BCUT2D eigenvalue weighted by Gasteiger charge is -2.05. The van der Waals surface area contributed by atoms with Gasteiger partial charge in [0.1, 0.15) is 0 Å². The van der Waals surface area contributed by atoms with Crippen molar-refractivity contribution in [3.05, 3.63) is 60.2 Å². The molecule has 0 spiro atoms. The van der Waals surface area contributed by atoms with Crippen LogP contribution in [0.3, 0.4) is 0 Å². The minimum atomic E-state index is -0.0151. The highest BCUT2D eigenvalue weighted by molar-refractivity contribution is 5.99. The maximum absolute atomic E-state index is 11.7. The monoisotopic (exact) mass is 308 g/mol. The molecule has 0 fully saturated rings. The highest BCUT2D eigenvalue weighted by Gasteiger charge is 2.02. The van der Waals surface area contributed by atoms with Gasteiger partial charge in [-0.05, 0) is 30.0 Å². The van der Waals surface area contributed by atoms with E-state index in [1.54, 1.807) is 0 Å². The van der Waals surface area contributed by atoms with Crippen molar-refractivity contribution in [3.63, 3.8) is 0 Å². The minimum absolute atomic E-state index is 0.0151. The SMILES string of the molecule is CCCCCC(=O)N/N=C(\C)c1ccc(-c2ccccc2)cc1. The molecule has 2 rings (SSSR count). The van der Waals surface area contributed by atoms with Crippen molar-refractivity contribution < 1.29 is 4.79 Å². The van der Waals surface area contributed by atoms with Crippen LogP contribution in [0.15, 0.2) is 59.7 Å². The van der Waals surface area contributed by atoms with Gasteiger partial charge in [0.25, 0.3) is 0 Å². The number of carbonyl (C=O) groups is 1. The highest BCUT2D eigenvalue weighted by atomic mass is 16.2. The fourth-order valence-corrected chi connectivity index (χ4v) is 2.34. The van der Waals surface area contributed by atoms with E-state index in [2.05, 4.69) is 41.7 Å². The maximum Gasteiger partial charge on any atom is 0.240 e. The van der Waals surface area contributed by atoms with Crippen LogP contribution in [0, 0.1) is 0 Å². The summed E-state index contributed by atoms with van der Waals surface area (Å²) in [6.45, 7) is 4.03. The smallest absolute Gasteiger partial charge is 0.240 e. The van der Waals surface area contributed by atoms with Crippen molar-refractivity contribution in [1.29, 1.82) is 0 Å². The summed E-state index contributed by atoms with van der Waals surface area (Å²) < 4.78 is 0. The predicted octanol–water partition coefficient (Wildman–Crippen LogP) is 4.77. The number of rotatable bonds is 7. The van der Waals surface area contributed by atoms with E-state index in [-0.39, 0.29) is 5.91 Å². The number of carbonyl (C=O) groups excluding carboxylic acids is 1. The molecule has 3 nitrogen and oxygen atoms in total. The molecule has 0 saturated carbocycles. The molecule has 0 saturated heterocycles. The molecule has 2 aromatic carbocycles. The van der Waals surface area contributed by atoms with Crippen LogP contribution >= 0.6 is 0 Å². The largest absolute Gasteiger partial charge is 0.273 e. The third kappa shape index (κ3) is 5.37. The lowest BCUT2D eigenvalue weighted by atomic mass is 10.0. The molecule has 0 aliphatic carbocycles. The molecule has 1 N–H and O–H groups in total. The Kier molecular flexibility index (Phi) is 6.55. The van der Waals surface area contributed by atoms with Gasteiger partial charge >= 0.3 is 0 Å². The van der Waals surface area contributed by atoms with Crippen LogP contribution in [0.2, 0.25) is 0 Å². The summed E-state index contributed by atoms with van der Waals surface area (Å²) in [4.78, 5) is 11.7. The second-order valence-corrected chi connectivity index (χ2v) is 5.63. The summed E-state index contributed by atoms with van der Waals surface area (Å²) in [6.07, 6.45) is 3.65. The van der Waals surface area contributed by atoms with Gasteiger partial charge in [0.15, 0.2) is 0 Å². The first kappa shape index (κ1) is 16.9. The first-order valence-corrected chi connectivity index (χ1v) is 8.19. The van der Waals surface area contributed by atoms with Crippen LogP contribution < -0.4 is 5.43 Å². The minimum Gasteiger partial charge on any atom is -0.273 e. The topological polar surface area (TPSA) is 41.5 Å². The molecule has 3 heteroatoms. The van der Waals surface area contributed by atoms with Crippen molar-refractivity contribution in [2.45, 2.75) is 39.5 Å². The van der Waals surface area contributed by atoms with Gasteiger partial charge in [0.2, 0.25) is 5.91 Å². The van der Waals surface area contributed by atoms with E-state index in [1.807, 2.05) is 37.3 Å². The van der Waals surface area contributed by atoms with Crippen LogP contribution in [0.25, 0.3) is 11.1 Å². The number of hydrogen-bond acceptors (Lipinski definition) is 2. The number of hydrogen-bond donors (Lipinski definition) is 1. The number of unbranched alkanes of at least 4 members (excludes halogenated alkanes) is 2. The van der Waals surface area contributed by atoms with Crippen molar-refractivity contribution in [1.82, 2.24) is 5.43 Å². The molecule has 23 heavy (non-hydrogen) atoms. The Morgan fingerprint density at radius 2 is 1.61 bits per heavy atom. The van der Waals surface area contributed by atoms with Crippen molar-refractivity contribution in [3.8, 4) is 11.1 Å². The second kappa shape index (κ2) is 8.89. The number of benzene rings is 2. The van der Waals surface area contributed by atoms with Gasteiger partial charge in [-0.1, -0.05) is 74.4 Å². The van der Waals surface area contributed by atoms with E-state index < -0.39 is 0 Å². The highest BCUT2D eigenvalue weighted by Crippen LogP contribution is 2.19. The third-order valence-corrected chi connectivity index (χ3v) is 3.77. The van der Waals surface area contributed by atoms with Crippen molar-refractivity contribution in [2.75, 3.05) is 0 Å². The molecule has 0 aliphatic rings. The van der Waals surface area contributed by atoms with E-state index in [0.29, 0.717) is 6.42 Å². The van der Waals surface area contributed by atoms with Crippen LogP contribution in [-0.2, 0) is 4.79 Å². The molecule has 0 atom stereocenters. The quantitative estimate of drug-likeness (QED) is 0.446. The van der Waals surface area contributed by atoms with Crippen LogP contribution in [0.1, 0.15) is 45.1 Å².